The molecule has 0 saturated carbocycles. The highest BCUT2D eigenvalue weighted by molar-refractivity contribution is 7.90. The minimum Gasteiger partial charge on any atom is -0.480 e. The highest BCUT2D eigenvalue weighted by Crippen LogP contribution is 2.30. The second-order valence-electron chi connectivity index (χ2n) is 11.2. The zero-order chi connectivity index (χ0) is 31.0. The molecule has 0 aliphatic carbocycles. The van der Waals surface area contributed by atoms with Gasteiger partial charge in [-0.25, -0.2) is 13.2 Å². The van der Waals surface area contributed by atoms with Gasteiger partial charge in [0.15, 0.2) is 0 Å². The number of carboxylic acid groups (broad SMARTS) is 1. The lowest BCUT2D eigenvalue weighted by atomic mass is 9.93. The standard InChI is InChI=1S/C33H40N2O7S/c1-23-9-7-8-12-28(23)30-17-25(13-14-29(30)32(36)34-31(33(37)38)15-16-43(3,39)40)19-35-20-27(41-2)18-26(35)22-42-21-24-10-5-4-6-11-24/h4-14,17,26-27,31H,15-16,18-22H2,1-3H3,(H,34,36)(H,37,38)/t26-,27?,31+/m1/s1. The van der Waals surface area contributed by atoms with Crippen molar-refractivity contribution in [3.8, 4) is 11.1 Å². The maximum absolute atomic E-state index is 13.4. The average Bonchev–Trinajstić information content (AvgIpc) is 3.36. The summed E-state index contributed by atoms with van der Waals surface area (Å²) in [7, 11) is -1.67. The molecule has 1 heterocycles. The summed E-state index contributed by atoms with van der Waals surface area (Å²) in [6, 6.07) is 22.2. The van der Waals surface area contributed by atoms with Gasteiger partial charge in [0.2, 0.25) is 0 Å². The van der Waals surface area contributed by atoms with Crippen molar-refractivity contribution in [1.82, 2.24) is 10.2 Å². The van der Waals surface area contributed by atoms with Crippen LogP contribution in [0.4, 0.5) is 0 Å². The van der Waals surface area contributed by atoms with Crippen molar-refractivity contribution in [2.24, 2.45) is 0 Å². The van der Waals surface area contributed by atoms with E-state index in [4.69, 9.17) is 9.47 Å². The van der Waals surface area contributed by atoms with Crippen LogP contribution >= 0.6 is 0 Å². The Bertz CT molecular complexity index is 1510. The molecule has 230 valence electrons. The van der Waals surface area contributed by atoms with Crippen molar-refractivity contribution in [3.05, 3.63) is 95.1 Å². The van der Waals surface area contributed by atoms with Crippen molar-refractivity contribution in [1.29, 1.82) is 0 Å². The molecule has 9 nitrogen and oxygen atoms in total. The maximum atomic E-state index is 13.4. The molecule has 1 amide bonds. The highest BCUT2D eigenvalue weighted by atomic mass is 32.2. The topological polar surface area (TPSA) is 122 Å². The summed E-state index contributed by atoms with van der Waals surface area (Å²) >= 11 is 0. The quantitative estimate of drug-likeness (QED) is 0.281. The number of carboxylic acids is 1. The van der Waals surface area contributed by atoms with Gasteiger partial charge in [-0.1, -0.05) is 60.7 Å². The van der Waals surface area contributed by atoms with Crippen LogP contribution in [0.1, 0.15) is 39.9 Å². The van der Waals surface area contributed by atoms with Crippen molar-refractivity contribution < 1.29 is 32.6 Å². The zero-order valence-electron chi connectivity index (χ0n) is 24.9. The first-order valence-corrected chi connectivity index (χ1v) is 16.4. The minimum absolute atomic E-state index is 0.0890. The van der Waals surface area contributed by atoms with Crippen molar-refractivity contribution in [2.75, 3.05) is 32.3 Å². The summed E-state index contributed by atoms with van der Waals surface area (Å²) < 4.78 is 35.0. The zero-order valence-corrected chi connectivity index (χ0v) is 25.7. The third kappa shape index (κ3) is 9.21. The number of hydrogen-bond acceptors (Lipinski definition) is 7. The summed E-state index contributed by atoms with van der Waals surface area (Å²) in [5, 5.41) is 12.2. The molecule has 3 aromatic rings. The largest absolute Gasteiger partial charge is 0.480 e. The monoisotopic (exact) mass is 608 g/mol. The molecule has 1 unspecified atom stereocenters. The molecule has 1 fully saturated rings. The predicted molar refractivity (Wildman–Crippen MR) is 166 cm³/mol. The number of hydrogen-bond donors (Lipinski definition) is 2. The molecule has 43 heavy (non-hydrogen) atoms. The van der Waals surface area contributed by atoms with E-state index in [1.807, 2.05) is 73.7 Å². The van der Waals surface area contributed by atoms with E-state index in [1.54, 1.807) is 13.2 Å². The highest BCUT2D eigenvalue weighted by Gasteiger charge is 2.32. The Labute approximate surface area is 253 Å². The fourth-order valence-electron chi connectivity index (χ4n) is 5.41. The Kier molecular flexibility index (Phi) is 11.1. The van der Waals surface area contributed by atoms with Crippen LogP contribution < -0.4 is 5.32 Å². The number of amides is 1. The molecule has 0 bridgehead atoms. The summed E-state index contributed by atoms with van der Waals surface area (Å²) in [4.78, 5) is 27.6. The van der Waals surface area contributed by atoms with E-state index < -0.39 is 27.8 Å². The molecule has 0 radical (unpaired) electrons. The Hall–Kier alpha value is -3.57. The summed E-state index contributed by atoms with van der Waals surface area (Å²) in [6.45, 7) is 4.42. The first kappa shape index (κ1) is 32.3. The van der Waals surface area contributed by atoms with E-state index in [-0.39, 0.29) is 24.3 Å². The molecule has 4 rings (SSSR count). The van der Waals surface area contributed by atoms with Crippen LogP contribution in [0.5, 0.6) is 0 Å². The van der Waals surface area contributed by atoms with E-state index in [0.717, 1.165) is 41.5 Å². The van der Waals surface area contributed by atoms with E-state index >= 15 is 0 Å². The second kappa shape index (κ2) is 14.7. The lowest BCUT2D eigenvalue weighted by Crippen LogP contribution is -2.42. The third-order valence-corrected chi connectivity index (χ3v) is 8.75. The van der Waals surface area contributed by atoms with Gasteiger partial charge in [-0.3, -0.25) is 9.69 Å². The van der Waals surface area contributed by atoms with Crippen LogP contribution in [0, 0.1) is 6.92 Å². The van der Waals surface area contributed by atoms with E-state index in [0.29, 0.717) is 30.9 Å². The Morgan fingerprint density at radius 3 is 2.42 bits per heavy atom. The number of methoxy groups -OCH3 is 1. The van der Waals surface area contributed by atoms with E-state index in [1.165, 1.54) is 0 Å². The first-order valence-electron chi connectivity index (χ1n) is 14.3. The fourth-order valence-corrected chi connectivity index (χ4v) is 6.07. The summed E-state index contributed by atoms with van der Waals surface area (Å²) in [5.41, 5.74) is 4.94. The number of benzene rings is 3. The molecule has 10 heteroatoms. The number of nitrogens with zero attached hydrogens (tertiary/aromatic N) is 1. The number of carbonyl (C=O) groups is 2. The number of likely N-dealkylation sites (tertiary alicyclic amines) is 1. The van der Waals surface area contributed by atoms with Crippen molar-refractivity contribution in [3.63, 3.8) is 0 Å². The normalized spacial score (nSPS) is 17.9. The fraction of sp³-hybridized carbons (Fsp3) is 0.394. The number of sulfone groups is 1. The van der Waals surface area contributed by atoms with Gasteiger partial charge in [0.25, 0.3) is 5.91 Å². The van der Waals surface area contributed by atoms with Gasteiger partial charge >= 0.3 is 5.97 Å². The summed E-state index contributed by atoms with van der Waals surface area (Å²) in [6.07, 6.45) is 1.76. The van der Waals surface area contributed by atoms with Gasteiger partial charge in [-0.15, -0.1) is 0 Å². The first-order chi connectivity index (χ1) is 20.5. The van der Waals surface area contributed by atoms with Crippen LogP contribution in [0.15, 0.2) is 72.8 Å². The van der Waals surface area contributed by atoms with E-state index in [2.05, 4.69) is 10.2 Å². The van der Waals surface area contributed by atoms with Crippen molar-refractivity contribution in [2.45, 2.75) is 51.1 Å². The number of nitrogens with one attached hydrogen (secondary N) is 1. The van der Waals surface area contributed by atoms with Gasteiger partial charge < -0.3 is 19.9 Å². The van der Waals surface area contributed by atoms with Crippen LogP contribution in [0.3, 0.4) is 0 Å². The smallest absolute Gasteiger partial charge is 0.326 e. The minimum atomic E-state index is -3.40. The predicted octanol–water partition coefficient (Wildman–Crippen LogP) is 4.09. The third-order valence-electron chi connectivity index (χ3n) is 7.77. The van der Waals surface area contributed by atoms with Gasteiger partial charge in [-0.05, 0) is 59.7 Å². The molecule has 1 saturated heterocycles. The molecule has 2 N–H and O–H groups in total. The molecular weight excluding hydrogens is 568 g/mol. The summed E-state index contributed by atoms with van der Waals surface area (Å²) in [5.74, 6) is -2.20. The van der Waals surface area contributed by atoms with Crippen LogP contribution in [-0.2, 0) is 37.3 Å². The van der Waals surface area contributed by atoms with E-state index in [9.17, 15) is 23.1 Å². The van der Waals surface area contributed by atoms with Crippen LogP contribution in [0.2, 0.25) is 0 Å². The Morgan fingerprint density at radius 1 is 1.02 bits per heavy atom. The number of aliphatic carboxylic acids is 1. The maximum Gasteiger partial charge on any atom is 0.326 e. The molecule has 3 aromatic carbocycles. The lowest BCUT2D eigenvalue weighted by molar-refractivity contribution is -0.139. The van der Waals surface area contributed by atoms with Gasteiger partial charge in [-0.2, -0.15) is 0 Å². The average molecular weight is 609 g/mol. The molecule has 0 aromatic heterocycles. The van der Waals surface area contributed by atoms with Gasteiger partial charge in [0.1, 0.15) is 15.9 Å². The SMILES string of the molecule is COC1C[C@H](COCc2ccccc2)N(Cc2ccc(C(=O)N[C@@H](CCS(C)(=O)=O)C(=O)O)c(-c3ccccc3C)c2)C1. The molecule has 0 spiro atoms. The Balaban J connectivity index is 1.56. The number of rotatable bonds is 14. The molecule has 1 aliphatic rings. The van der Waals surface area contributed by atoms with Gasteiger partial charge in [0.05, 0.1) is 25.1 Å². The van der Waals surface area contributed by atoms with Crippen LogP contribution in [0.25, 0.3) is 11.1 Å². The molecule has 3 atom stereocenters. The second-order valence-corrected chi connectivity index (χ2v) is 13.4. The molecule has 1 aliphatic heterocycles. The Morgan fingerprint density at radius 2 is 1.74 bits per heavy atom. The van der Waals surface area contributed by atoms with Crippen LogP contribution in [-0.4, -0.2) is 80.8 Å². The number of ether oxygens (including phenoxy) is 2. The molecular formula is C33H40N2O7S. The number of carbonyl (C=O) groups excluding carboxylic acids is 1. The van der Waals surface area contributed by atoms with Gasteiger partial charge in [0, 0.05) is 38.1 Å². The lowest BCUT2D eigenvalue weighted by Gasteiger charge is -2.25. The van der Waals surface area contributed by atoms with Crippen molar-refractivity contribution >= 4 is 21.7 Å². The number of aryl methyl sites for hydroxylation is 1.